The van der Waals surface area contributed by atoms with Gasteiger partial charge in [-0.25, -0.2) is 14.0 Å². The van der Waals surface area contributed by atoms with Crippen LogP contribution in [0.1, 0.15) is 26.4 Å². The first-order chi connectivity index (χ1) is 11.5. The number of benzene rings is 1. The summed E-state index contributed by atoms with van der Waals surface area (Å²) in [5, 5.41) is 0. The number of methoxy groups -OCH3 is 2. The maximum atomic E-state index is 13.7. The molecule has 1 aromatic carbocycles. The van der Waals surface area contributed by atoms with Gasteiger partial charge in [0.2, 0.25) is 0 Å². The fraction of sp³-hybridized carbons (Fsp3) is 0.250. The zero-order chi connectivity index (χ0) is 17.4. The molecule has 0 amide bonds. The largest absolute Gasteiger partial charge is 0.465 e. The van der Waals surface area contributed by atoms with Crippen LogP contribution in [0, 0.1) is 5.82 Å². The summed E-state index contributed by atoms with van der Waals surface area (Å²) in [4.78, 5) is 24.5. The van der Waals surface area contributed by atoms with Crippen LogP contribution < -0.4 is 0 Å². The van der Waals surface area contributed by atoms with Crippen molar-refractivity contribution >= 4 is 22.7 Å². The van der Waals surface area contributed by atoms with E-state index in [1.165, 1.54) is 32.4 Å². The van der Waals surface area contributed by atoms with Gasteiger partial charge in [-0.05, 0) is 12.1 Å². The highest BCUT2D eigenvalue weighted by atomic mass is 32.2. The van der Waals surface area contributed by atoms with Gasteiger partial charge in [-0.2, -0.15) is 0 Å². The van der Waals surface area contributed by atoms with Gasteiger partial charge >= 0.3 is 11.9 Å². The van der Waals surface area contributed by atoms with Crippen LogP contribution in [0.25, 0.3) is 11.3 Å². The monoisotopic (exact) mass is 351 g/mol. The van der Waals surface area contributed by atoms with Gasteiger partial charge in [0.25, 0.3) is 0 Å². The predicted octanol–water partition coefficient (Wildman–Crippen LogP) is 2.09. The number of hydrogen-bond acceptors (Lipinski definition) is 5. The molecule has 0 saturated carbocycles. The maximum absolute atomic E-state index is 13.7. The van der Waals surface area contributed by atoms with E-state index < -0.39 is 28.6 Å². The molecule has 1 atom stereocenters. The van der Waals surface area contributed by atoms with Gasteiger partial charge in [-0.3, -0.25) is 4.21 Å². The van der Waals surface area contributed by atoms with Crippen LogP contribution in [-0.4, -0.2) is 34.9 Å². The first-order valence-electron chi connectivity index (χ1n) is 7.00. The molecule has 8 heteroatoms. The molecular weight excluding hydrogens is 337 g/mol. The summed E-state index contributed by atoms with van der Waals surface area (Å²) in [6.45, 7) is 0. The Morgan fingerprint density at radius 1 is 1.17 bits per heavy atom. The summed E-state index contributed by atoms with van der Waals surface area (Å²) in [7, 11) is 1.17. The van der Waals surface area contributed by atoms with E-state index in [9.17, 15) is 18.2 Å². The van der Waals surface area contributed by atoms with Crippen LogP contribution >= 0.6 is 0 Å². The van der Waals surface area contributed by atoms with E-state index >= 15 is 0 Å². The maximum Gasteiger partial charge on any atom is 0.340 e. The summed E-state index contributed by atoms with van der Waals surface area (Å²) >= 11 is 0. The van der Waals surface area contributed by atoms with Gasteiger partial charge in [0, 0.05) is 22.1 Å². The topological polar surface area (TPSA) is 74.6 Å². The number of ether oxygens (including phenoxy) is 2. The Labute approximate surface area is 139 Å². The van der Waals surface area contributed by atoms with E-state index in [2.05, 4.69) is 0 Å². The predicted molar refractivity (Wildman–Crippen MR) is 84.4 cm³/mol. The fourth-order valence-electron chi connectivity index (χ4n) is 2.86. The highest BCUT2D eigenvalue weighted by Gasteiger charge is 2.36. The minimum Gasteiger partial charge on any atom is -0.465 e. The number of carbonyl (C=O) groups is 2. The summed E-state index contributed by atoms with van der Waals surface area (Å²) in [5.41, 5.74) is 1.16. The molecule has 1 aliphatic rings. The highest BCUT2D eigenvalue weighted by molar-refractivity contribution is 7.83. The number of fused-ring (bicyclic) bond motifs is 1. The number of nitrogens with zero attached hydrogens (tertiary/aromatic N) is 1. The average molecular weight is 351 g/mol. The third-order valence-electron chi connectivity index (χ3n) is 3.82. The van der Waals surface area contributed by atoms with Gasteiger partial charge < -0.3 is 14.0 Å². The number of halogens is 1. The van der Waals surface area contributed by atoms with E-state index in [0.29, 0.717) is 17.0 Å². The lowest BCUT2D eigenvalue weighted by Crippen LogP contribution is -2.12. The van der Waals surface area contributed by atoms with Crippen molar-refractivity contribution in [3.63, 3.8) is 0 Å². The molecule has 2 aromatic rings. The Morgan fingerprint density at radius 2 is 1.83 bits per heavy atom. The molecule has 0 fully saturated rings. The molecule has 1 aliphatic heterocycles. The van der Waals surface area contributed by atoms with Crippen LogP contribution in [0.2, 0.25) is 0 Å². The molecule has 126 valence electrons. The fourth-order valence-corrected chi connectivity index (χ4v) is 4.13. The Bertz CT molecular complexity index is 874. The number of esters is 2. The van der Waals surface area contributed by atoms with E-state index in [4.69, 9.17) is 9.47 Å². The Hall–Kier alpha value is -2.48. The molecule has 0 radical (unpaired) electrons. The zero-order valence-electron chi connectivity index (χ0n) is 13.0. The molecule has 6 nitrogen and oxygen atoms in total. The van der Waals surface area contributed by atoms with Crippen molar-refractivity contribution < 1.29 is 27.7 Å². The van der Waals surface area contributed by atoms with E-state index in [1.807, 2.05) is 0 Å². The third-order valence-corrected chi connectivity index (χ3v) is 4.96. The molecule has 0 unspecified atom stereocenters. The van der Waals surface area contributed by atoms with Crippen LogP contribution in [0.4, 0.5) is 4.39 Å². The van der Waals surface area contributed by atoms with Gasteiger partial charge in [-0.15, -0.1) is 0 Å². The van der Waals surface area contributed by atoms with E-state index in [0.717, 1.165) is 0 Å². The first-order valence-corrected chi connectivity index (χ1v) is 8.49. The molecule has 0 saturated heterocycles. The van der Waals surface area contributed by atoms with Crippen molar-refractivity contribution in [3.05, 3.63) is 46.9 Å². The molecule has 1 aromatic heterocycles. The summed E-state index contributed by atoms with van der Waals surface area (Å²) in [6.07, 6.45) is 0. The smallest absolute Gasteiger partial charge is 0.340 e. The molecule has 24 heavy (non-hydrogen) atoms. The van der Waals surface area contributed by atoms with Crippen molar-refractivity contribution in [1.29, 1.82) is 0 Å². The second-order valence-electron chi connectivity index (χ2n) is 5.18. The zero-order valence-corrected chi connectivity index (χ0v) is 13.8. The normalized spacial score (nSPS) is 15.9. The quantitative estimate of drug-likeness (QED) is 0.792. The molecular formula is C16H14FNO5S. The number of aromatic nitrogens is 1. The number of carbonyl (C=O) groups excluding carboxylic acids is 2. The molecule has 0 N–H and O–H groups in total. The number of hydrogen-bond donors (Lipinski definition) is 0. The summed E-state index contributed by atoms with van der Waals surface area (Å²) in [6, 6.07) is 5.63. The summed E-state index contributed by atoms with van der Waals surface area (Å²) in [5.74, 6) is -1.72. The lowest BCUT2D eigenvalue weighted by Gasteiger charge is -2.09. The van der Waals surface area contributed by atoms with E-state index in [1.54, 1.807) is 10.6 Å². The van der Waals surface area contributed by atoms with Crippen LogP contribution in [0.5, 0.6) is 0 Å². The number of rotatable bonds is 3. The van der Waals surface area contributed by atoms with Crippen LogP contribution in [-0.2, 0) is 31.9 Å². The lowest BCUT2D eigenvalue weighted by atomic mass is 10.0. The van der Waals surface area contributed by atoms with Gasteiger partial charge in [0.05, 0.1) is 37.1 Å². The average Bonchev–Trinajstić information content (AvgIpc) is 3.07. The van der Waals surface area contributed by atoms with Crippen molar-refractivity contribution in [1.82, 2.24) is 4.57 Å². The van der Waals surface area contributed by atoms with E-state index in [-0.39, 0.29) is 22.8 Å². The van der Waals surface area contributed by atoms with Gasteiger partial charge in [0.15, 0.2) is 0 Å². The molecule has 0 bridgehead atoms. The second-order valence-corrected chi connectivity index (χ2v) is 6.61. The standard InChI is InChI=1S/C16H14FNO5S/c1-22-15(19)12-11-7-24(21)8-18(11)14(13(12)16(20)23-2)9-4-3-5-10(17)6-9/h3-6H,7-8H2,1-2H3/t24-/m0/s1. The third kappa shape index (κ3) is 2.52. The van der Waals surface area contributed by atoms with Crippen LogP contribution in [0.3, 0.4) is 0 Å². The highest BCUT2D eigenvalue weighted by Crippen LogP contribution is 2.37. The molecule has 0 spiro atoms. The Morgan fingerprint density at radius 3 is 2.46 bits per heavy atom. The van der Waals surface area contributed by atoms with Crippen molar-refractivity contribution in [2.24, 2.45) is 0 Å². The van der Waals surface area contributed by atoms with Crippen molar-refractivity contribution in [2.75, 3.05) is 14.2 Å². The second kappa shape index (κ2) is 6.20. The molecule has 2 heterocycles. The minimum absolute atomic E-state index is 0.00153. The minimum atomic E-state index is -1.22. The Balaban J connectivity index is 2.37. The molecule has 0 aliphatic carbocycles. The lowest BCUT2D eigenvalue weighted by molar-refractivity contribution is 0.0556. The van der Waals surface area contributed by atoms with Crippen molar-refractivity contribution in [2.45, 2.75) is 11.6 Å². The Kier molecular flexibility index (Phi) is 4.23. The van der Waals surface area contributed by atoms with Gasteiger partial charge in [-0.1, -0.05) is 12.1 Å². The van der Waals surface area contributed by atoms with Gasteiger partial charge in [0.1, 0.15) is 11.4 Å². The SMILES string of the molecule is COC(=O)c1c(C(=O)OC)c(-c2cccc(F)c2)n2c1C[S@](=O)C2. The first kappa shape index (κ1) is 16.4. The van der Waals surface area contributed by atoms with Crippen molar-refractivity contribution in [3.8, 4) is 11.3 Å². The molecule has 3 rings (SSSR count). The summed E-state index contributed by atoms with van der Waals surface area (Å²) < 4.78 is 36.8. The van der Waals surface area contributed by atoms with Crippen LogP contribution in [0.15, 0.2) is 24.3 Å².